The van der Waals surface area contributed by atoms with E-state index in [-0.39, 0.29) is 0 Å². The second-order valence-electron chi connectivity index (χ2n) is 6.27. The van der Waals surface area contributed by atoms with Gasteiger partial charge in [0.25, 0.3) is 0 Å². The molecule has 4 rings (SSSR count). The van der Waals surface area contributed by atoms with Gasteiger partial charge in [-0.25, -0.2) is 4.79 Å². The van der Waals surface area contributed by atoms with Gasteiger partial charge in [-0.3, -0.25) is 0 Å². The van der Waals surface area contributed by atoms with Crippen LogP contribution in [0.3, 0.4) is 0 Å². The molecule has 2 aromatic rings. The zero-order valence-electron chi connectivity index (χ0n) is 12.4. The summed E-state index contributed by atoms with van der Waals surface area (Å²) in [5.74, 6) is 0. The molecule has 0 bridgehead atoms. The summed E-state index contributed by atoms with van der Waals surface area (Å²) in [6.45, 7) is 4.47. The maximum atomic E-state index is 11.2. The van der Waals surface area contributed by atoms with Gasteiger partial charge in [-0.1, -0.05) is 11.6 Å². The zero-order valence-corrected chi connectivity index (χ0v) is 12.4. The molecular formula is C17H20N2O2. The highest BCUT2D eigenvalue weighted by atomic mass is 16.4. The van der Waals surface area contributed by atoms with Crippen LogP contribution in [0.5, 0.6) is 0 Å². The molecule has 2 aliphatic rings. The Labute approximate surface area is 124 Å². The van der Waals surface area contributed by atoms with Crippen LogP contribution >= 0.6 is 0 Å². The fourth-order valence-electron chi connectivity index (χ4n) is 4.08. The van der Waals surface area contributed by atoms with Crippen molar-refractivity contribution in [1.29, 1.82) is 0 Å². The predicted octanol–water partition coefficient (Wildman–Crippen LogP) is 2.97. The van der Waals surface area contributed by atoms with Gasteiger partial charge in [0, 0.05) is 37.1 Å². The number of hydrogen-bond donors (Lipinski definition) is 1. The fraction of sp³-hybridized carbons (Fsp3) is 0.471. The van der Waals surface area contributed by atoms with E-state index in [0.29, 0.717) is 13.1 Å². The molecule has 0 fully saturated rings. The summed E-state index contributed by atoms with van der Waals surface area (Å²) in [6.07, 6.45) is 3.25. The molecule has 4 nitrogen and oxygen atoms in total. The molecule has 21 heavy (non-hydrogen) atoms. The number of rotatable bonds is 0. The van der Waals surface area contributed by atoms with Crippen molar-refractivity contribution in [3.8, 4) is 0 Å². The number of amides is 1. The summed E-state index contributed by atoms with van der Waals surface area (Å²) >= 11 is 0. The van der Waals surface area contributed by atoms with E-state index in [1.54, 1.807) is 4.90 Å². The molecule has 0 saturated carbocycles. The first kappa shape index (κ1) is 12.7. The lowest BCUT2D eigenvalue weighted by Gasteiger charge is -2.20. The van der Waals surface area contributed by atoms with Crippen molar-refractivity contribution in [2.75, 3.05) is 13.1 Å². The third kappa shape index (κ3) is 1.85. The Hall–Kier alpha value is -1.97. The quantitative estimate of drug-likeness (QED) is 0.808. The van der Waals surface area contributed by atoms with Gasteiger partial charge in [0.1, 0.15) is 0 Å². The highest BCUT2D eigenvalue weighted by molar-refractivity contribution is 5.89. The molecule has 0 atom stereocenters. The Balaban J connectivity index is 1.91. The first-order valence-electron chi connectivity index (χ1n) is 7.76. The third-order valence-electron chi connectivity index (χ3n) is 4.95. The summed E-state index contributed by atoms with van der Waals surface area (Å²) in [6, 6.07) is 4.61. The van der Waals surface area contributed by atoms with E-state index in [9.17, 15) is 9.90 Å². The average Bonchev–Trinajstić information content (AvgIpc) is 2.62. The Bertz CT molecular complexity index is 745. The highest BCUT2D eigenvalue weighted by Gasteiger charge is 2.26. The molecule has 1 N–H and O–H groups in total. The number of hydrogen-bond acceptors (Lipinski definition) is 1. The molecule has 0 saturated heterocycles. The Kier molecular flexibility index (Phi) is 2.74. The topological polar surface area (TPSA) is 45.5 Å². The minimum absolute atomic E-state index is 0.616. The summed E-state index contributed by atoms with van der Waals surface area (Å²) in [5.41, 5.74) is 6.97. The summed E-state index contributed by atoms with van der Waals surface area (Å²) in [4.78, 5) is 12.8. The van der Waals surface area contributed by atoms with Crippen molar-refractivity contribution in [3.05, 3.63) is 34.5 Å². The normalized spacial score (nSPS) is 17.7. The van der Waals surface area contributed by atoms with Crippen LogP contribution < -0.4 is 0 Å². The number of nitrogens with zero attached hydrogens (tertiary/aromatic N) is 2. The summed E-state index contributed by atoms with van der Waals surface area (Å²) < 4.78 is 2.47. The van der Waals surface area contributed by atoms with E-state index < -0.39 is 6.09 Å². The monoisotopic (exact) mass is 284 g/mol. The SMILES string of the molecule is Cc1cc2c3c(c1)c1c(n3CCC2)CCN(C(=O)O)CC1. The van der Waals surface area contributed by atoms with E-state index in [2.05, 4.69) is 23.6 Å². The summed E-state index contributed by atoms with van der Waals surface area (Å²) in [7, 11) is 0. The van der Waals surface area contributed by atoms with Gasteiger partial charge in [0.05, 0.1) is 5.52 Å². The first-order chi connectivity index (χ1) is 10.1. The number of fused-ring (bicyclic) bond motifs is 3. The molecule has 0 aliphatic carbocycles. The van der Waals surface area contributed by atoms with Crippen LogP contribution in [-0.2, 0) is 25.8 Å². The Morgan fingerprint density at radius 1 is 1.14 bits per heavy atom. The van der Waals surface area contributed by atoms with Gasteiger partial charge >= 0.3 is 6.09 Å². The van der Waals surface area contributed by atoms with Crippen molar-refractivity contribution >= 4 is 17.0 Å². The second-order valence-corrected chi connectivity index (χ2v) is 6.27. The minimum atomic E-state index is -0.792. The molecule has 3 heterocycles. The second kappa shape index (κ2) is 4.52. The van der Waals surface area contributed by atoms with Crippen LogP contribution in [0.15, 0.2) is 12.1 Å². The molecular weight excluding hydrogens is 264 g/mol. The van der Waals surface area contributed by atoms with E-state index >= 15 is 0 Å². The first-order valence-corrected chi connectivity index (χ1v) is 7.76. The van der Waals surface area contributed by atoms with Crippen LogP contribution in [0, 0.1) is 6.92 Å². The van der Waals surface area contributed by atoms with Crippen LogP contribution in [0.4, 0.5) is 4.79 Å². The number of aryl methyl sites for hydroxylation is 3. The summed E-state index contributed by atoms with van der Waals surface area (Å²) in [5, 5.41) is 10.6. The standard InChI is InChI=1S/C17H20N2O2/c1-11-9-12-3-2-6-19-15-5-8-18(17(20)21)7-4-13(15)14(10-11)16(12)19/h9-10H,2-8H2,1H3,(H,20,21). The van der Waals surface area contributed by atoms with Crippen molar-refractivity contribution in [2.24, 2.45) is 0 Å². The van der Waals surface area contributed by atoms with Crippen molar-refractivity contribution in [1.82, 2.24) is 9.47 Å². The average molecular weight is 284 g/mol. The van der Waals surface area contributed by atoms with Crippen LogP contribution in [0.1, 0.15) is 28.8 Å². The molecule has 110 valence electrons. The van der Waals surface area contributed by atoms with Gasteiger partial charge < -0.3 is 14.6 Å². The number of carboxylic acid groups (broad SMARTS) is 1. The number of aromatic nitrogens is 1. The zero-order chi connectivity index (χ0) is 14.6. The largest absolute Gasteiger partial charge is 0.465 e. The lowest BCUT2D eigenvalue weighted by atomic mass is 9.99. The lowest BCUT2D eigenvalue weighted by Crippen LogP contribution is -2.31. The highest BCUT2D eigenvalue weighted by Crippen LogP contribution is 2.35. The number of benzene rings is 1. The molecule has 0 unspecified atom stereocenters. The lowest BCUT2D eigenvalue weighted by molar-refractivity contribution is 0.147. The number of carbonyl (C=O) groups is 1. The Morgan fingerprint density at radius 2 is 1.95 bits per heavy atom. The van der Waals surface area contributed by atoms with Crippen LogP contribution in [0.25, 0.3) is 10.9 Å². The van der Waals surface area contributed by atoms with Gasteiger partial charge in [-0.05, 0) is 43.4 Å². The van der Waals surface area contributed by atoms with Gasteiger partial charge in [-0.2, -0.15) is 0 Å². The molecule has 1 aromatic heterocycles. The molecule has 1 amide bonds. The van der Waals surface area contributed by atoms with Gasteiger partial charge in [0.2, 0.25) is 0 Å². The maximum absolute atomic E-state index is 11.2. The van der Waals surface area contributed by atoms with Crippen molar-refractivity contribution in [3.63, 3.8) is 0 Å². The van der Waals surface area contributed by atoms with E-state index in [0.717, 1.165) is 19.4 Å². The van der Waals surface area contributed by atoms with E-state index in [4.69, 9.17) is 0 Å². The van der Waals surface area contributed by atoms with Gasteiger partial charge in [0.15, 0.2) is 0 Å². The van der Waals surface area contributed by atoms with Crippen molar-refractivity contribution < 1.29 is 9.90 Å². The van der Waals surface area contributed by atoms with E-state index in [1.165, 1.54) is 46.1 Å². The van der Waals surface area contributed by atoms with Crippen molar-refractivity contribution in [2.45, 2.75) is 39.2 Å². The molecule has 2 aliphatic heterocycles. The molecule has 0 radical (unpaired) electrons. The third-order valence-corrected chi connectivity index (χ3v) is 4.95. The van der Waals surface area contributed by atoms with Crippen LogP contribution in [-0.4, -0.2) is 33.8 Å². The minimum Gasteiger partial charge on any atom is -0.465 e. The predicted molar refractivity (Wildman–Crippen MR) is 82.0 cm³/mol. The fourth-order valence-corrected chi connectivity index (χ4v) is 4.08. The molecule has 0 spiro atoms. The maximum Gasteiger partial charge on any atom is 0.407 e. The molecule has 1 aromatic carbocycles. The Morgan fingerprint density at radius 3 is 2.76 bits per heavy atom. The molecule has 4 heteroatoms. The van der Waals surface area contributed by atoms with Crippen LogP contribution in [0.2, 0.25) is 0 Å². The van der Waals surface area contributed by atoms with E-state index in [1.807, 2.05) is 0 Å². The van der Waals surface area contributed by atoms with Gasteiger partial charge in [-0.15, -0.1) is 0 Å². The smallest absolute Gasteiger partial charge is 0.407 e.